The number of hydrogen-bond donors (Lipinski definition) is 6. The van der Waals surface area contributed by atoms with Gasteiger partial charge in [0.1, 0.15) is 29.8 Å². The molecule has 0 spiro atoms. The van der Waals surface area contributed by atoms with Crippen molar-refractivity contribution in [3.05, 3.63) is 47.5 Å². The van der Waals surface area contributed by atoms with Crippen LogP contribution in [0.25, 0.3) is 12.2 Å². The molecule has 0 radical (unpaired) electrons. The van der Waals surface area contributed by atoms with Crippen molar-refractivity contribution < 1.29 is 40.1 Å². The van der Waals surface area contributed by atoms with Crippen LogP contribution in [0.2, 0.25) is 0 Å². The number of benzene rings is 2. The molecule has 1 aliphatic heterocycles. The Morgan fingerprint density at radius 3 is 2.30 bits per heavy atom. The molecule has 0 saturated carbocycles. The highest BCUT2D eigenvalue weighted by Crippen LogP contribution is 2.37. The second-order valence-corrected chi connectivity index (χ2v) is 6.18. The standard InChI is InChI=1S/C19H20O8/c20-12-5-2-10(3-6-12)1-4-11-7-13(21)8-14(22)18(11)27-19-17(25)16(24)15(23)9-26-19/h1-8,15-17,19-25H,9H2/b4-1+/t15-,16+,17-,19+/m1/s1. The van der Waals surface area contributed by atoms with Crippen molar-refractivity contribution in [3.63, 3.8) is 0 Å². The summed E-state index contributed by atoms with van der Waals surface area (Å²) >= 11 is 0. The van der Waals surface area contributed by atoms with Gasteiger partial charge in [0.05, 0.1) is 6.61 Å². The van der Waals surface area contributed by atoms with Gasteiger partial charge in [-0.3, -0.25) is 0 Å². The quantitative estimate of drug-likeness (QED) is 0.431. The molecular formula is C19H20O8. The van der Waals surface area contributed by atoms with Gasteiger partial charge in [-0.2, -0.15) is 0 Å². The van der Waals surface area contributed by atoms with E-state index in [0.29, 0.717) is 0 Å². The largest absolute Gasteiger partial charge is 0.508 e. The van der Waals surface area contributed by atoms with Gasteiger partial charge < -0.3 is 40.1 Å². The Labute approximate surface area is 154 Å². The van der Waals surface area contributed by atoms with Crippen LogP contribution < -0.4 is 4.74 Å². The molecule has 2 aromatic rings. The van der Waals surface area contributed by atoms with Crippen LogP contribution >= 0.6 is 0 Å². The molecule has 8 heteroatoms. The molecular weight excluding hydrogens is 356 g/mol. The fourth-order valence-corrected chi connectivity index (χ4v) is 2.64. The van der Waals surface area contributed by atoms with Gasteiger partial charge in [-0.25, -0.2) is 0 Å². The lowest BCUT2D eigenvalue weighted by Gasteiger charge is -2.35. The van der Waals surface area contributed by atoms with Crippen LogP contribution in [0.15, 0.2) is 36.4 Å². The number of aliphatic hydroxyl groups excluding tert-OH is 3. The second-order valence-electron chi connectivity index (χ2n) is 6.18. The van der Waals surface area contributed by atoms with E-state index in [9.17, 15) is 30.6 Å². The maximum atomic E-state index is 10.1. The van der Waals surface area contributed by atoms with Crippen LogP contribution in [0.1, 0.15) is 11.1 Å². The van der Waals surface area contributed by atoms with Gasteiger partial charge in [-0.1, -0.05) is 24.3 Å². The summed E-state index contributed by atoms with van der Waals surface area (Å²) < 4.78 is 10.7. The van der Waals surface area contributed by atoms with Crippen molar-refractivity contribution in [2.75, 3.05) is 6.61 Å². The Bertz CT molecular complexity index is 817. The first-order valence-corrected chi connectivity index (χ1v) is 8.20. The van der Waals surface area contributed by atoms with Crippen molar-refractivity contribution in [3.8, 4) is 23.0 Å². The van der Waals surface area contributed by atoms with Crippen LogP contribution in [0, 0.1) is 0 Å². The summed E-state index contributed by atoms with van der Waals surface area (Å²) in [5.41, 5.74) is 1.03. The molecule has 0 aromatic heterocycles. The van der Waals surface area contributed by atoms with E-state index in [-0.39, 0.29) is 29.4 Å². The van der Waals surface area contributed by atoms with Crippen LogP contribution in [0.5, 0.6) is 23.0 Å². The monoisotopic (exact) mass is 376 g/mol. The normalized spacial score (nSPS) is 25.6. The Hall–Kier alpha value is -2.78. The summed E-state index contributed by atoms with van der Waals surface area (Å²) in [7, 11) is 0. The number of hydrogen-bond acceptors (Lipinski definition) is 8. The lowest BCUT2D eigenvalue weighted by molar-refractivity contribution is -0.242. The lowest BCUT2D eigenvalue weighted by Crippen LogP contribution is -2.54. The molecule has 0 bridgehead atoms. The minimum atomic E-state index is -1.53. The lowest BCUT2D eigenvalue weighted by atomic mass is 10.1. The van der Waals surface area contributed by atoms with Crippen LogP contribution in [0.4, 0.5) is 0 Å². The highest BCUT2D eigenvalue weighted by molar-refractivity contribution is 5.75. The van der Waals surface area contributed by atoms with E-state index >= 15 is 0 Å². The molecule has 0 unspecified atom stereocenters. The van der Waals surface area contributed by atoms with Crippen LogP contribution in [-0.2, 0) is 4.74 Å². The summed E-state index contributed by atoms with van der Waals surface area (Å²) in [6.07, 6.45) is -2.34. The molecule has 0 amide bonds. The molecule has 8 nitrogen and oxygen atoms in total. The maximum Gasteiger partial charge on any atom is 0.229 e. The van der Waals surface area contributed by atoms with E-state index in [4.69, 9.17) is 9.47 Å². The molecule has 144 valence electrons. The number of phenolic OH excluding ortho intramolecular Hbond substituents is 3. The van der Waals surface area contributed by atoms with Gasteiger partial charge in [-0.05, 0) is 23.8 Å². The highest BCUT2D eigenvalue weighted by Gasteiger charge is 2.39. The first-order chi connectivity index (χ1) is 12.8. The van der Waals surface area contributed by atoms with Gasteiger partial charge >= 0.3 is 0 Å². The van der Waals surface area contributed by atoms with Gasteiger partial charge in [0.15, 0.2) is 11.5 Å². The minimum Gasteiger partial charge on any atom is -0.508 e. The summed E-state index contributed by atoms with van der Waals surface area (Å²) in [5, 5.41) is 58.5. The molecule has 1 fully saturated rings. The highest BCUT2D eigenvalue weighted by atomic mass is 16.7. The first kappa shape index (κ1) is 19.0. The molecule has 1 aliphatic rings. The molecule has 27 heavy (non-hydrogen) atoms. The van der Waals surface area contributed by atoms with E-state index in [2.05, 4.69) is 0 Å². The third-order valence-electron chi connectivity index (χ3n) is 4.12. The topological polar surface area (TPSA) is 140 Å². The summed E-state index contributed by atoms with van der Waals surface area (Å²) in [5.74, 6) is -0.548. The number of phenols is 3. The van der Waals surface area contributed by atoms with E-state index in [1.807, 2.05) is 0 Å². The second kappa shape index (κ2) is 7.85. The molecule has 1 heterocycles. The molecule has 4 atom stereocenters. The average molecular weight is 376 g/mol. The van der Waals surface area contributed by atoms with E-state index in [0.717, 1.165) is 11.6 Å². The van der Waals surface area contributed by atoms with Crippen molar-refractivity contribution in [2.45, 2.75) is 24.6 Å². The van der Waals surface area contributed by atoms with Crippen LogP contribution in [0.3, 0.4) is 0 Å². The molecule has 3 rings (SSSR count). The summed E-state index contributed by atoms with van der Waals surface area (Å²) in [6.45, 7) is -0.250. The number of aromatic hydroxyl groups is 3. The predicted octanol–water partition coefficient (Wildman–Crippen LogP) is 0.792. The van der Waals surface area contributed by atoms with E-state index in [1.54, 1.807) is 24.3 Å². The predicted molar refractivity (Wildman–Crippen MR) is 95.2 cm³/mol. The fourth-order valence-electron chi connectivity index (χ4n) is 2.64. The number of rotatable bonds is 4. The smallest absolute Gasteiger partial charge is 0.229 e. The molecule has 2 aromatic carbocycles. The molecule has 6 N–H and O–H groups in total. The fraction of sp³-hybridized carbons (Fsp3) is 0.263. The maximum absolute atomic E-state index is 10.1. The third kappa shape index (κ3) is 4.32. The van der Waals surface area contributed by atoms with Crippen molar-refractivity contribution in [1.29, 1.82) is 0 Å². The zero-order chi connectivity index (χ0) is 19.6. The van der Waals surface area contributed by atoms with Gasteiger partial charge in [0.25, 0.3) is 0 Å². The molecule has 0 aliphatic carbocycles. The van der Waals surface area contributed by atoms with E-state index in [1.165, 1.54) is 18.2 Å². The Morgan fingerprint density at radius 1 is 0.889 bits per heavy atom. The van der Waals surface area contributed by atoms with Crippen molar-refractivity contribution in [1.82, 2.24) is 0 Å². The first-order valence-electron chi connectivity index (χ1n) is 8.20. The molecule has 1 saturated heterocycles. The number of ether oxygens (including phenoxy) is 2. The van der Waals surface area contributed by atoms with Gasteiger partial charge in [0, 0.05) is 11.6 Å². The summed E-state index contributed by atoms with van der Waals surface area (Å²) in [6, 6.07) is 8.76. The summed E-state index contributed by atoms with van der Waals surface area (Å²) in [4.78, 5) is 0. The van der Waals surface area contributed by atoms with Crippen LogP contribution in [-0.4, -0.2) is 61.8 Å². The third-order valence-corrected chi connectivity index (χ3v) is 4.12. The van der Waals surface area contributed by atoms with Crippen molar-refractivity contribution in [2.24, 2.45) is 0 Å². The average Bonchev–Trinajstić information content (AvgIpc) is 2.63. The zero-order valence-electron chi connectivity index (χ0n) is 14.1. The minimum absolute atomic E-state index is 0.0736. The van der Waals surface area contributed by atoms with Crippen molar-refractivity contribution >= 4 is 12.2 Å². The van der Waals surface area contributed by atoms with Gasteiger partial charge in [0.2, 0.25) is 6.29 Å². The Balaban J connectivity index is 1.87. The Morgan fingerprint density at radius 2 is 1.59 bits per heavy atom. The number of aliphatic hydroxyl groups is 3. The SMILES string of the molecule is Oc1ccc(/C=C/c2cc(O)cc(O)c2O[C@@H]2OC[C@@H](O)[C@H](O)[C@H]2O)cc1. The van der Waals surface area contributed by atoms with Gasteiger partial charge in [-0.15, -0.1) is 0 Å². The Kier molecular flexibility index (Phi) is 5.52. The zero-order valence-corrected chi connectivity index (χ0v) is 14.1. The van der Waals surface area contributed by atoms with E-state index < -0.39 is 30.4 Å².